The molecule has 174 valence electrons. The van der Waals surface area contributed by atoms with Gasteiger partial charge >= 0.3 is 0 Å². The molecule has 2 rings (SSSR count). The van der Waals surface area contributed by atoms with Gasteiger partial charge < -0.3 is 15.7 Å². The summed E-state index contributed by atoms with van der Waals surface area (Å²) < 4.78 is 14.2. The number of nitrogens with one attached hydrogen (secondary N) is 2. The monoisotopic (exact) mass is 468 g/mol. The van der Waals surface area contributed by atoms with Crippen molar-refractivity contribution >= 4 is 34.9 Å². The van der Waals surface area contributed by atoms with Gasteiger partial charge in [0, 0.05) is 40.2 Å². The second-order valence-electron chi connectivity index (χ2n) is 7.74. The number of anilines is 2. The zero-order chi connectivity index (χ0) is 24.4. The van der Waals surface area contributed by atoms with E-state index in [0.717, 1.165) is 18.2 Å². The van der Waals surface area contributed by atoms with E-state index >= 15 is 0 Å². The van der Waals surface area contributed by atoms with Gasteiger partial charge in [-0.05, 0) is 50.1 Å². The lowest BCUT2D eigenvalue weighted by molar-refractivity contribution is 0.265. The fraction of sp³-hybridized carbons (Fsp3) is 0.280. The number of pyridine rings is 1. The molecule has 0 spiro atoms. The van der Waals surface area contributed by atoms with Gasteiger partial charge in [-0.3, -0.25) is 4.99 Å². The third-order valence-corrected chi connectivity index (χ3v) is 5.78. The van der Waals surface area contributed by atoms with Gasteiger partial charge in [-0.1, -0.05) is 19.6 Å². The lowest BCUT2D eigenvalue weighted by Crippen LogP contribution is -2.21. The zero-order valence-corrected chi connectivity index (χ0v) is 20.1. The van der Waals surface area contributed by atoms with Crippen molar-refractivity contribution in [2.45, 2.75) is 31.9 Å². The van der Waals surface area contributed by atoms with Crippen molar-refractivity contribution in [3.8, 4) is 0 Å². The first-order valence-electron chi connectivity index (χ1n) is 10.4. The summed E-state index contributed by atoms with van der Waals surface area (Å²) in [6, 6.07) is 8.45. The maximum Gasteiger partial charge on any atom is 0.142 e. The Balaban J connectivity index is 2.51. The molecule has 1 heterocycles. The summed E-state index contributed by atoms with van der Waals surface area (Å²) in [6.07, 6.45) is 5.20. The van der Waals surface area contributed by atoms with E-state index in [1.165, 1.54) is 17.8 Å². The number of halogens is 1. The van der Waals surface area contributed by atoms with E-state index in [1.54, 1.807) is 49.5 Å². The summed E-state index contributed by atoms with van der Waals surface area (Å²) in [6.45, 7) is 9.94. The summed E-state index contributed by atoms with van der Waals surface area (Å²) in [5.74, 6) is 1.72. The first-order valence-corrected chi connectivity index (χ1v) is 11.2. The Hall–Kier alpha value is -3.19. The summed E-state index contributed by atoms with van der Waals surface area (Å²) in [7, 11) is 1.61. The Morgan fingerprint density at radius 3 is 2.76 bits per heavy atom. The topological polar surface area (TPSA) is 86.6 Å². The van der Waals surface area contributed by atoms with E-state index in [0.29, 0.717) is 33.4 Å². The Morgan fingerprint density at radius 2 is 2.12 bits per heavy atom. The van der Waals surface area contributed by atoms with Gasteiger partial charge in [0.1, 0.15) is 17.6 Å². The summed E-state index contributed by atoms with van der Waals surface area (Å²) in [5.41, 5.74) is 3.10. The molecule has 33 heavy (non-hydrogen) atoms. The molecule has 0 aliphatic rings. The zero-order valence-electron chi connectivity index (χ0n) is 19.3. The van der Waals surface area contributed by atoms with Crippen molar-refractivity contribution in [3.05, 3.63) is 82.9 Å². The number of aromatic nitrogens is 1. The largest absolute Gasteiger partial charge is 0.395 e. The van der Waals surface area contributed by atoms with Crippen molar-refractivity contribution in [2.75, 3.05) is 24.3 Å². The highest BCUT2D eigenvalue weighted by atomic mass is 32.2. The minimum absolute atomic E-state index is 0.0484. The molecule has 8 heteroatoms. The Morgan fingerprint density at radius 1 is 1.36 bits per heavy atom. The minimum Gasteiger partial charge on any atom is -0.395 e. The summed E-state index contributed by atoms with van der Waals surface area (Å²) >= 11 is 1.39. The molecule has 1 aromatic heterocycles. The summed E-state index contributed by atoms with van der Waals surface area (Å²) in [4.78, 5) is 19.6. The number of hydrogen-bond donors (Lipinski definition) is 3. The van der Waals surface area contributed by atoms with Gasteiger partial charge in [-0.25, -0.2) is 14.2 Å². The lowest BCUT2D eigenvalue weighted by Gasteiger charge is -2.24. The number of allylic oxidation sites excluding steroid dienone is 1. The average Bonchev–Trinajstić information content (AvgIpc) is 2.81. The number of hydrogen-bond acceptors (Lipinski definition) is 7. The average molecular weight is 469 g/mol. The number of aliphatic hydroxyl groups is 1. The molecule has 6 nitrogen and oxygen atoms in total. The normalized spacial score (nSPS) is 12.2. The van der Waals surface area contributed by atoms with E-state index in [2.05, 4.69) is 27.2 Å². The number of nitrogens with zero attached hydrogens (tertiary/aromatic N) is 2. The van der Waals surface area contributed by atoms with Crippen LogP contribution in [-0.4, -0.2) is 40.1 Å². The molecule has 0 saturated carbocycles. The molecule has 0 bridgehead atoms. The van der Waals surface area contributed by atoms with Crippen LogP contribution in [0.4, 0.5) is 15.9 Å². The third kappa shape index (κ3) is 7.71. The maximum atomic E-state index is 14.7. The second kappa shape index (κ2) is 12.2. The van der Waals surface area contributed by atoms with E-state index in [1.807, 2.05) is 20.8 Å². The molecule has 1 aromatic carbocycles. The van der Waals surface area contributed by atoms with Crippen LogP contribution in [0.5, 0.6) is 0 Å². The lowest BCUT2D eigenvalue weighted by atomic mass is 10.0. The molecule has 3 N–H and O–H groups in total. The highest BCUT2D eigenvalue weighted by molar-refractivity contribution is 8.04. The Bertz CT molecular complexity index is 1110. The van der Waals surface area contributed by atoms with Crippen LogP contribution >= 0.6 is 11.8 Å². The molecule has 2 aromatic rings. The van der Waals surface area contributed by atoms with Crippen molar-refractivity contribution in [1.29, 1.82) is 0 Å². The van der Waals surface area contributed by atoms with Crippen LogP contribution < -0.4 is 10.6 Å². The van der Waals surface area contributed by atoms with E-state index < -0.39 is 4.75 Å². The van der Waals surface area contributed by atoms with E-state index in [-0.39, 0.29) is 12.4 Å². The smallest absolute Gasteiger partial charge is 0.142 e. The molecule has 0 fully saturated rings. The first kappa shape index (κ1) is 26.1. The maximum absolute atomic E-state index is 14.7. The number of aliphatic hydroxyl groups excluding tert-OH is 1. The number of rotatable bonds is 11. The molecule has 0 atom stereocenters. The Kier molecular flexibility index (Phi) is 9.60. The van der Waals surface area contributed by atoms with Crippen LogP contribution in [0, 0.1) is 5.82 Å². The van der Waals surface area contributed by atoms with Crippen molar-refractivity contribution in [1.82, 2.24) is 4.98 Å². The van der Waals surface area contributed by atoms with Crippen molar-refractivity contribution in [2.24, 2.45) is 4.99 Å². The molecule has 0 unspecified atom stereocenters. The SMILES string of the molecule is C=C(SC(C)(C)CO)/C(=C\C(=NC)c1cc(CC)ccc1F)Nc1ccnc(NC=C=O)c1. The van der Waals surface area contributed by atoms with Crippen LogP contribution in [0.1, 0.15) is 31.9 Å². The number of thioether (sulfide) groups is 1. The molecular formula is C25H29FN4O2S. The molecule has 0 radical (unpaired) electrons. The predicted molar refractivity (Wildman–Crippen MR) is 136 cm³/mol. The molecular weight excluding hydrogens is 439 g/mol. The highest BCUT2D eigenvalue weighted by Gasteiger charge is 2.21. The quantitative estimate of drug-likeness (QED) is 0.245. The first-order chi connectivity index (χ1) is 15.7. The number of aliphatic imine (C=N–C) groups is 1. The third-order valence-electron chi connectivity index (χ3n) is 4.64. The van der Waals surface area contributed by atoms with E-state index in [4.69, 9.17) is 0 Å². The van der Waals surface area contributed by atoms with Crippen LogP contribution in [0.2, 0.25) is 0 Å². The van der Waals surface area contributed by atoms with Crippen LogP contribution in [0.25, 0.3) is 0 Å². The van der Waals surface area contributed by atoms with Gasteiger partial charge in [-0.15, -0.1) is 11.8 Å². The number of benzene rings is 1. The number of aryl methyl sites for hydroxylation is 1. The second-order valence-corrected chi connectivity index (χ2v) is 9.54. The van der Waals surface area contributed by atoms with Gasteiger partial charge in [0.15, 0.2) is 0 Å². The molecule has 0 aliphatic heterocycles. The summed E-state index contributed by atoms with van der Waals surface area (Å²) in [5, 5.41) is 15.7. The fourth-order valence-electron chi connectivity index (χ4n) is 2.84. The van der Waals surface area contributed by atoms with E-state index in [9.17, 15) is 14.3 Å². The standard InChI is InChI=1S/C25H29FN4O2S/c1-6-18-7-8-21(26)20(13-18)23(27-5)15-22(17(2)33-25(3,4)16-32)30-19-9-10-28-24(14-19)29-11-12-31/h7-11,13-15,32H,2,6,16H2,1,3-5H3,(H2,28,29,30)/b22-15+,27-23?. The van der Waals surface area contributed by atoms with Crippen LogP contribution in [0.15, 0.2) is 71.0 Å². The van der Waals surface area contributed by atoms with Gasteiger partial charge in [0.05, 0.1) is 24.2 Å². The predicted octanol–water partition coefficient (Wildman–Crippen LogP) is 4.97. The molecule has 0 saturated heterocycles. The Labute approximate surface area is 198 Å². The molecule has 0 aliphatic carbocycles. The van der Waals surface area contributed by atoms with Gasteiger partial charge in [0.2, 0.25) is 0 Å². The van der Waals surface area contributed by atoms with Gasteiger partial charge in [0.25, 0.3) is 0 Å². The minimum atomic E-state index is -0.478. The number of carbonyl (C=O) groups excluding carboxylic acids is 1. The fourth-order valence-corrected chi connectivity index (χ4v) is 3.79. The van der Waals surface area contributed by atoms with Crippen molar-refractivity contribution < 1.29 is 14.3 Å². The van der Waals surface area contributed by atoms with Crippen LogP contribution in [0.3, 0.4) is 0 Å². The van der Waals surface area contributed by atoms with Crippen LogP contribution in [-0.2, 0) is 11.2 Å². The van der Waals surface area contributed by atoms with Crippen molar-refractivity contribution in [3.63, 3.8) is 0 Å². The molecule has 0 amide bonds. The highest BCUT2D eigenvalue weighted by Crippen LogP contribution is 2.35. The van der Waals surface area contributed by atoms with Gasteiger partial charge in [-0.2, -0.15) is 0 Å².